The number of anilines is 6. The zero-order chi connectivity index (χ0) is 46.3. The van der Waals surface area contributed by atoms with Gasteiger partial charge in [0.1, 0.15) is 34.4 Å². The van der Waals surface area contributed by atoms with Crippen molar-refractivity contribution in [2.45, 2.75) is 19.3 Å². The molecular weight excluding hydrogens is 853 g/mol. The van der Waals surface area contributed by atoms with E-state index in [9.17, 15) is 17.6 Å². The minimum absolute atomic E-state index is 0.310. The lowest BCUT2D eigenvalue weighted by Gasteiger charge is -2.29. The second-order valence-corrected chi connectivity index (χ2v) is 17.9. The molecule has 0 unspecified atom stereocenters. The summed E-state index contributed by atoms with van der Waals surface area (Å²) in [5.74, 6) is -1.32. The maximum absolute atomic E-state index is 14.9. The predicted octanol–water partition coefficient (Wildman–Crippen LogP) is 17.9. The molecule has 0 saturated carbocycles. The van der Waals surface area contributed by atoms with Gasteiger partial charge < -0.3 is 14.2 Å². The number of rotatable bonds is 8. The molecule has 0 saturated heterocycles. The van der Waals surface area contributed by atoms with Gasteiger partial charge in [0.15, 0.2) is 0 Å². The van der Waals surface area contributed by atoms with Crippen LogP contribution in [0.1, 0.15) is 25.0 Å². The number of fused-ring (bicyclic) bond motifs is 9. The standard InChI is InChI=1S/C61H40F4N2O/c1-61(2)55-35-50(66(46-26-22-44(64)23-27-46)48-10-5-8-40(33-48)37-13-18-42(62)19-14-37)30-32-53(55)57-56(36-54-52-31-17-39-7-3-4-12-51(39)59(52)68-60(54)58(57)61)67(47-28-24-45(65)25-29-47)49-11-6-9-41(34-49)38-15-20-43(63)21-16-38/h3-36H,1-2H3. The van der Waals surface area contributed by atoms with Gasteiger partial charge in [0, 0.05) is 61.1 Å². The van der Waals surface area contributed by atoms with Crippen LogP contribution in [0.3, 0.4) is 0 Å². The molecule has 0 fully saturated rings. The second-order valence-electron chi connectivity index (χ2n) is 17.9. The zero-order valence-electron chi connectivity index (χ0n) is 36.9. The minimum Gasteiger partial charge on any atom is -0.455 e. The van der Waals surface area contributed by atoms with E-state index < -0.39 is 5.41 Å². The van der Waals surface area contributed by atoms with Gasteiger partial charge in [-0.15, -0.1) is 0 Å². The fourth-order valence-corrected chi connectivity index (χ4v) is 10.2. The van der Waals surface area contributed by atoms with Crippen molar-refractivity contribution in [3.8, 4) is 33.4 Å². The maximum atomic E-state index is 14.9. The van der Waals surface area contributed by atoms with Gasteiger partial charge in [-0.2, -0.15) is 0 Å². The Morgan fingerprint density at radius 2 is 0.897 bits per heavy atom. The van der Waals surface area contributed by atoms with Gasteiger partial charge in [0.25, 0.3) is 0 Å². The summed E-state index contributed by atoms with van der Waals surface area (Å²) < 4.78 is 64.8. The molecule has 1 aliphatic carbocycles. The summed E-state index contributed by atoms with van der Waals surface area (Å²) in [5.41, 5.74) is 13.3. The Morgan fingerprint density at radius 1 is 0.382 bits per heavy atom. The van der Waals surface area contributed by atoms with E-state index in [-0.39, 0.29) is 23.3 Å². The number of halogens is 4. The lowest BCUT2D eigenvalue weighted by atomic mass is 9.81. The van der Waals surface area contributed by atoms with Crippen molar-refractivity contribution < 1.29 is 22.0 Å². The monoisotopic (exact) mass is 892 g/mol. The number of hydrogen-bond acceptors (Lipinski definition) is 3. The molecule has 0 radical (unpaired) electrons. The van der Waals surface area contributed by atoms with E-state index in [1.54, 1.807) is 48.5 Å². The van der Waals surface area contributed by atoms with E-state index in [1.165, 1.54) is 48.5 Å². The summed E-state index contributed by atoms with van der Waals surface area (Å²) in [4.78, 5) is 4.29. The molecule has 12 rings (SSSR count). The van der Waals surface area contributed by atoms with Crippen molar-refractivity contribution in [2.24, 2.45) is 0 Å². The third-order valence-corrected chi connectivity index (χ3v) is 13.4. The molecule has 0 spiro atoms. The van der Waals surface area contributed by atoms with Gasteiger partial charge in [-0.3, -0.25) is 0 Å². The molecule has 68 heavy (non-hydrogen) atoms. The van der Waals surface area contributed by atoms with Crippen LogP contribution in [0.2, 0.25) is 0 Å². The first kappa shape index (κ1) is 41.0. The average molecular weight is 893 g/mol. The van der Waals surface area contributed by atoms with Gasteiger partial charge in [0.2, 0.25) is 0 Å². The second kappa shape index (κ2) is 15.9. The smallest absolute Gasteiger partial charge is 0.143 e. The summed E-state index contributed by atoms with van der Waals surface area (Å²) in [7, 11) is 0. The Labute approximate surface area is 390 Å². The van der Waals surface area contributed by atoms with Gasteiger partial charge >= 0.3 is 0 Å². The van der Waals surface area contributed by atoms with Gasteiger partial charge in [-0.05, 0) is 160 Å². The molecule has 1 heterocycles. The normalized spacial score (nSPS) is 12.7. The van der Waals surface area contributed by atoms with Crippen LogP contribution in [0.15, 0.2) is 211 Å². The first-order valence-corrected chi connectivity index (χ1v) is 22.5. The fourth-order valence-electron chi connectivity index (χ4n) is 10.2. The van der Waals surface area contributed by atoms with E-state index in [4.69, 9.17) is 4.42 Å². The van der Waals surface area contributed by atoms with Crippen molar-refractivity contribution in [2.75, 3.05) is 9.80 Å². The Hall–Kier alpha value is -8.42. The topological polar surface area (TPSA) is 19.6 Å². The van der Waals surface area contributed by atoms with Crippen molar-refractivity contribution in [3.63, 3.8) is 0 Å². The van der Waals surface area contributed by atoms with E-state index in [1.807, 2.05) is 48.5 Å². The first-order valence-electron chi connectivity index (χ1n) is 22.5. The number of nitrogens with zero attached hydrogens (tertiary/aromatic N) is 2. The summed E-state index contributed by atoms with van der Waals surface area (Å²) in [5, 5.41) is 3.98. The SMILES string of the molecule is CC1(C)c2cc(N(c3ccc(F)cc3)c3cccc(-c4ccc(F)cc4)c3)ccc2-c2c(N(c3ccc(F)cc3)c3cccc(-c4ccc(F)cc4)c3)cc3c(oc4c5ccccc5ccc34)c21. The number of benzene rings is 10. The van der Waals surface area contributed by atoms with E-state index >= 15 is 0 Å². The molecule has 1 aliphatic rings. The molecule has 0 N–H and O–H groups in total. The van der Waals surface area contributed by atoms with Crippen LogP contribution in [-0.2, 0) is 5.41 Å². The van der Waals surface area contributed by atoms with Crippen LogP contribution in [-0.4, -0.2) is 0 Å². The highest BCUT2D eigenvalue weighted by Gasteiger charge is 2.42. The zero-order valence-corrected chi connectivity index (χ0v) is 36.9. The van der Waals surface area contributed by atoms with E-state index in [0.29, 0.717) is 0 Å². The van der Waals surface area contributed by atoms with Crippen LogP contribution in [0.4, 0.5) is 51.7 Å². The van der Waals surface area contributed by atoms with E-state index in [2.05, 4.69) is 84.3 Å². The van der Waals surface area contributed by atoms with Crippen LogP contribution >= 0.6 is 0 Å². The highest BCUT2D eigenvalue weighted by atomic mass is 19.1. The van der Waals surface area contributed by atoms with Crippen molar-refractivity contribution in [3.05, 3.63) is 241 Å². The highest BCUT2D eigenvalue weighted by Crippen LogP contribution is 2.59. The summed E-state index contributed by atoms with van der Waals surface area (Å²) in [6.45, 7) is 4.45. The Bertz CT molecular complexity index is 3750. The van der Waals surface area contributed by atoms with Crippen molar-refractivity contribution in [1.29, 1.82) is 0 Å². The van der Waals surface area contributed by atoms with Crippen LogP contribution in [0.5, 0.6) is 0 Å². The van der Waals surface area contributed by atoms with Crippen molar-refractivity contribution >= 4 is 66.8 Å². The highest BCUT2D eigenvalue weighted by molar-refractivity contribution is 6.19. The molecular formula is C61H40F4N2O. The minimum atomic E-state index is -0.645. The van der Waals surface area contributed by atoms with Crippen LogP contribution in [0.25, 0.3) is 66.1 Å². The largest absolute Gasteiger partial charge is 0.455 e. The molecule has 11 aromatic rings. The van der Waals surface area contributed by atoms with Crippen molar-refractivity contribution in [1.82, 2.24) is 0 Å². The lowest BCUT2D eigenvalue weighted by Crippen LogP contribution is -2.17. The fraction of sp³-hybridized carbons (Fsp3) is 0.0492. The molecule has 3 nitrogen and oxygen atoms in total. The predicted molar refractivity (Wildman–Crippen MR) is 269 cm³/mol. The Morgan fingerprint density at radius 3 is 1.50 bits per heavy atom. The lowest BCUT2D eigenvalue weighted by molar-refractivity contribution is 0.621. The summed E-state index contributed by atoms with van der Waals surface area (Å²) >= 11 is 0. The molecule has 0 aliphatic heterocycles. The Balaban J connectivity index is 1.12. The number of hydrogen-bond donors (Lipinski definition) is 0. The molecule has 7 heteroatoms. The quantitative estimate of drug-likeness (QED) is 0.142. The first-order chi connectivity index (χ1) is 33.1. The summed E-state index contributed by atoms with van der Waals surface area (Å²) in [6.07, 6.45) is 0. The Kier molecular flexibility index (Phi) is 9.59. The van der Waals surface area contributed by atoms with Gasteiger partial charge in [-0.1, -0.05) is 98.8 Å². The summed E-state index contributed by atoms with van der Waals surface area (Å²) in [6, 6.07) is 63.2. The molecule has 0 atom stereocenters. The van der Waals surface area contributed by atoms with Gasteiger partial charge in [0.05, 0.1) is 5.69 Å². The third-order valence-electron chi connectivity index (χ3n) is 13.4. The molecule has 0 bridgehead atoms. The van der Waals surface area contributed by atoms with Crippen LogP contribution in [0, 0.1) is 23.3 Å². The van der Waals surface area contributed by atoms with Crippen LogP contribution < -0.4 is 9.80 Å². The third kappa shape index (κ3) is 6.81. The molecule has 0 amide bonds. The van der Waals surface area contributed by atoms with E-state index in [0.717, 1.165) is 111 Å². The molecule has 10 aromatic carbocycles. The maximum Gasteiger partial charge on any atom is 0.143 e. The molecule has 328 valence electrons. The number of furan rings is 1. The average Bonchev–Trinajstić information content (AvgIpc) is 3.85. The van der Waals surface area contributed by atoms with Gasteiger partial charge in [-0.25, -0.2) is 17.6 Å². The molecule has 1 aromatic heterocycles.